The Bertz CT molecular complexity index is 782. The minimum Gasteiger partial charge on any atom is -0.462 e. The molecule has 0 aromatic heterocycles. The first-order valence-corrected chi connectivity index (χ1v) is 15.8. The van der Waals surface area contributed by atoms with Crippen LogP contribution in [0.15, 0.2) is 12.2 Å². The standard InChI is InChI=1S/C32H58NO9/c1-6-8-15-20-29(42-32(38)26-33(4,5)22-23-40-30(36)18-7-2)28(35)19-16-13-11-9-10-12-14-17-21-31(37)41-25-24-39-27(3)34/h13,16,28-29,35H,6-12,14-15,17-26H2,1-5H3/q+1. The molecule has 0 spiro atoms. The average Bonchev–Trinajstić information content (AvgIpc) is 2.91. The molecule has 10 heteroatoms. The summed E-state index contributed by atoms with van der Waals surface area (Å²) >= 11 is 0. The van der Waals surface area contributed by atoms with Crippen LogP contribution >= 0.6 is 0 Å². The molecular formula is C32H58NO9+. The fourth-order valence-electron chi connectivity index (χ4n) is 4.22. The molecule has 244 valence electrons. The van der Waals surface area contributed by atoms with Crippen LogP contribution in [0.5, 0.6) is 0 Å². The van der Waals surface area contributed by atoms with Crippen molar-refractivity contribution in [3.8, 4) is 0 Å². The highest BCUT2D eigenvalue weighted by atomic mass is 16.6. The van der Waals surface area contributed by atoms with Crippen molar-refractivity contribution in [3.05, 3.63) is 12.2 Å². The van der Waals surface area contributed by atoms with Gasteiger partial charge >= 0.3 is 23.9 Å². The van der Waals surface area contributed by atoms with E-state index in [4.69, 9.17) is 18.9 Å². The predicted molar refractivity (Wildman–Crippen MR) is 161 cm³/mol. The lowest BCUT2D eigenvalue weighted by Gasteiger charge is -2.30. The number of allylic oxidation sites excluding steroid dienone is 1. The molecule has 0 radical (unpaired) electrons. The van der Waals surface area contributed by atoms with Crippen molar-refractivity contribution in [1.29, 1.82) is 0 Å². The van der Waals surface area contributed by atoms with E-state index in [1.54, 1.807) is 0 Å². The first-order valence-electron chi connectivity index (χ1n) is 15.8. The number of likely N-dealkylation sites (N-methyl/N-ethyl adjacent to an activating group) is 1. The van der Waals surface area contributed by atoms with Gasteiger partial charge in [-0.05, 0) is 44.9 Å². The summed E-state index contributed by atoms with van der Waals surface area (Å²) < 4.78 is 21.0. The maximum atomic E-state index is 12.7. The maximum absolute atomic E-state index is 12.7. The van der Waals surface area contributed by atoms with Gasteiger partial charge in [-0.2, -0.15) is 0 Å². The predicted octanol–water partition coefficient (Wildman–Crippen LogP) is 5.04. The van der Waals surface area contributed by atoms with Gasteiger partial charge in [0.15, 0.2) is 6.54 Å². The topological polar surface area (TPSA) is 125 Å². The maximum Gasteiger partial charge on any atom is 0.362 e. The fraction of sp³-hybridized carbons (Fsp3) is 0.812. The number of carbonyl (C=O) groups excluding carboxylic acids is 4. The molecule has 0 bridgehead atoms. The third kappa shape index (κ3) is 24.2. The lowest BCUT2D eigenvalue weighted by molar-refractivity contribution is -0.883. The molecule has 0 fully saturated rings. The van der Waals surface area contributed by atoms with Gasteiger partial charge < -0.3 is 28.5 Å². The molecule has 0 rings (SSSR count). The molecule has 10 nitrogen and oxygen atoms in total. The minimum absolute atomic E-state index is 0.0916. The van der Waals surface area contributed by atoms with Crippen molar-refractivity contribution in [2.24, 2.45) is 0 Å². The number of unbranched alkanes of at least 4 members (excludes halogenated alkanes) is 7. The summed E-state index contributed by atoms with van der Waals surface area (Å²) in [5, 5.41) is 10.8. The number of aliphatic hydroxyl groups is 1. The number of ether oxygens (including phenoxy) is 4. The van der Waals surface area contributed by atoms with Crippen LogP contribution in [0, 0.1) is 0 Å². The highest BCUT2D eigenvalue weighted by Gasteiger charge is 2.27. The molecule has 0 aliphatic heterocycles. The Kier molecular flexibility index (Phi) is 23.6. The van der Waals surface area contributed by atoms with Crippen LogP contribution in [0.25, 0.3) is 0 Å². The van der Waals surface area contributed by atoms with E-state index in [0.29, 0.717) is 36.7 Å². The lowest BCUT2D eigenvalue weighted by Crippen LogP contribution is -2.48. The van der Waals surface area contributed by atoms with E-state index in [9.17, 15) is 24.3 Å². The molecule has 0 saturated heterocycles. The first-order chi connectivity index (χ1) is 20.0. The molecule has 0 aromatic rings. The molecule has 0 aliphatic rings. The number of aliphatic hydroxyl groups excluding tert-OH is 1. The van der Waals surface area contributed by atoms with Crippen LogP contribution < -0.4 is 0 Å². The van der Waals surface area contributed by atoms with Crippen LogP contribution in [-0.2, 0) is 38.1 Å². The first kappa shape index (κ1) is 39.5. The van der Waals surface area contributed by atoms with E-state index in [-0.39, 0.29) is 50.2 Å². The van der Waals surface area contributed by atoms with Gasteiger partial charge in [-0.15, -0.1) is 0 Å². The van der Waals surface area contributed by atoms with Gasteiger partial charge in [-0.25, -0.2) is 4.79 Å². The Balaban J connectivity index is 4.30. The molecular weight excluding hydrogens is 542 g/mol. The molecule has 0 heterocycles. The molecule has 2 unspecified atom stereocenters. The number of rotatable bonds is 26. The number of hydrogen-bond acceptors (Lipinski definition) is 9. The van der Waals surface area contributed by atoms with Crippen molar-refractivity contribution >= 4 is 23.9 Å². The number of carbonyl (C=O) groups is 4. The van der Waals surface area contributed by atoms with Crippen molar-refractivity contribution in [2.45, 2.75) is 123 Å². The zero-order valence-electron chi connectivity index (χ0n) is 26.9. The number of nitrogens with zero attached hydrogens (tertiary/aromatic N) is 1. The Morgan fingerprint density at radius 1 is 0.738 bits per heavy atom. The highest BCUT2D eigenvalue weighted by Crippen LogP contribution is 2.16. The molecule has 1 N–H and O–H groups in total. The number of esters is 4. The number of hydrogen-bond donors (Lipinski definition) is 1. The van der Waals surface area contributed by atoms with Crippen LogP contribution in [-0.4, -0.2) is 92.7 Å². The monoisotopic (exact) mass is 600 g/mol. The van der Waals surface area contributed by atoms with Crippen molar-refractivity contribution in [2.75, 3.05) is 47.0 Å². The van der Waals surface area contributed by atoms with Crippen molar-refractivity contribution < 1.29 is 47.7 Å². The summed E-state index contributed by atoms with van der Waals surface area (Å²) in [7, 11) is 3.79. The molecule has 0 aromatic carbocycles. The largest absolute Gasteiger partial charge is 0.462 e. The SMILES string of the molecule is CCCCCC(OC(=O)C[N+](C)(C)CCOC(=O)CCC)C(O)CC=CCCCCCCCC(=O)OCCOC(C)=O. The summed E-state index contributed by atoms with van der Waals surface area (Å²) in [5.74, 6) is -1.24. The van der Waals surface area contributed by atoms with E-state index in [2.05, 4.69) is 13.0 Å². The van der Waals surface area contributed by atoms with Gasteiger partial charge in [0.05, 0.1) is 20.2 Å². The third-order valence-electron chi connectivity index (χ3n) is 6.72. The summed E-state index contributed by atoms with van der Waals surface area (Å²) in [5.41, 5.74) is 0. The number of quaternary nitrogens is 1. The van der Waals surface area contributed by atoms with E-state index in [0.717, 1.165) is 64.2 Å². The van der Waals surface area contributed by atoms with Gasteiger partial charge in [0, 0.05) is 19.8 Å². The zero-order valence-corrected chi connectivity index (χ0v) is 26.9. The molecule has 2 atom stereocenters. The second-order valence-corrected chi connectivity index (χ2v) is 11.5. The second-order valence-electron chi connectivity index (χ2n) is 11.5. The third-order valence-corrected chi connectivity index (χ3v) is 6.72. The van der Waals surface area contributed by atoms with E-state index >= 15 is 0 Å². The summed E-state index contributed by atoms with van der Waals surface area (Å²) in [4.78, 5) is 46.6. The molecule has 0 amide bonds. The van der Waals surface area contributed by atoms with Crippen LogP contribution in [0.4, 0.5) is 0 Å². The fourth-order valence-corrected chi connectivity index (χ4v) is 4.22. The van der Waals surface area contributed by atoms with Gasteiger partial charge in [-0.1, -0.05) is 58.1 Å². The van der Waals surface area contributed by atoms with Crippen LogP contribution in [0.3, 0.4) is 0 Å². The van der Waals surface area contributed by atoms with E-state index in [1.807, 2.05) is 27.1 Å². The van der Waals surface area contributed by atoms with Gasteiger partial charge in [-0.3, -0.25) is 14.4 Å². The summed E-state index contributed by atoms with van der Waals surface area (Å²) in [6.07, 6.45) is 13.9. The van der Waals surface area contributed by atoms with Crippen LogP contribution in [0.1, 0.15) is 111 Å². The Morgan fingerprint density at radius 3 is 2.07 bits per heavy atom. The molecule has 0 saturated carbocycles. The Hall–Kier alpha value is -2.46. The smallest absolute Gasteiger partial charge is 0.362 e. The lowest BCUT2D eigenvalue weighted by atomic mass is 10.0. The Morgan fingerprint density at radius 2 is 1.38 bits per heavy atom. The normalized spacial score (nSPS) is 13.0. The van der Waals surface area contributed by atoms with Crippen molar-refractivity contribution in [1.82, 2.24) is 0 Å². The van der Waals surface area contributed by atoms with Gasteiger partial charge in [0.1, 0.15) is 32.5 Å². The quantitative estimate of drug-likeness (QED) is 0.0478. The summed E-state index contributed by atoms with van der Waals surface area (Å²) in [6, 6.07) is 0. The van der Waals surface area contributed by atoms with Crippen LogP contribution in [0.2, 0.25) is 0 Å². The minimum atomic E-state index is -0.763. The van der Waals surface area contributed by atoms with E-state index in [1.165, 1.54) is 6.92 Å². The molecule has 0 aliphatic carbocycles. The Labute approximate surface area is 253 Å². The van der Waals surface area contributed by atoms with Gasteiger partial charge in [0.2, 0.25) is 0 Å². The molecule has 42 heavy (non-hydrogen) atoms. The van der Waals surface area contributed by atoms with Gasteiger partial charge in [0.25, 0.3) is 0 Å². The van der Waals surface area contributed by atoms with E-state index < -0.39 is 12.2 Å². The zero-order chi connectivity index (χ0) is 31.6. The second kappa shape index (κ2) is 25.1. The summed E-state index contributed by atoms with van der Waals surface area (Å²) in [6.45, 7) is 6.42. The van der Waals surface area contributed by atoms with Crippen molar-refractivity contribution in [3.63, 3.8) is 0 Å². The average molecular weight is 601 g/mol. The highest BCUT2D eigenvalue weighted by molar-refractivity contribution is 5.71.